The minimum absolute atomic E-state index is 0.0252. The first-order chi connectivity index (χ1) is 10.1. The number of thioether (sulfide) groups is 1. The van der Waals surface area contributed by atoms with E-state index in [1.807, 2.05) is 11.8 Å². The van der Waals surface area contributed by atoms with E-state index in [1.54, 1.807) is 0 Å². The number of rotatable bonds is 4. The van der Waals surface area contributed by atoms with Crippen LogP contribution in [0.1, 0.15) is 23.2 Å². The Morgan fingerprint density at radius 2 is 2.05 bits per heavy atom. The Morgan fingerprint density at radius 1 is 1.33 bits per heavy atom. The molecule has 1 aliphatic rings. The molecule has 2 rings (SSSR count). The molecule has 0 atom stereocenters. The molecule has 0 spiro atoms. The van der Waals surface area contributed by atoms with Crippen molar-refractivity contribution in [3.05, 3.63) is 34.6 Å². The minimum atomic E-state index is -0.704. The summed E-state index contributed by atoms with van der Waals surface area (Å²) in [6.45, 7) is -0.187. The van der Waals surface area contributed by atoms with E-state index >= 15 is 0 Å². The third-order valence-electron chi connectivity index (χ3n) is 3.19. The van der Waals surface area contributed by atoms with Crippen LogP contribution in [-0.4, -0.2) is 35.9 Å². The van der Waals surface area contributed by atoms with Crippen LogP contribution < -0.4 is 10.6 Å². The fourth-order valence-corrected chi connectivity index (χ4v) is 3.44. The Balaban J connectivity index is 1.84. The first kappa shape index (κ1) is 16.1. The van der Waals surface area contributed by atoms with Gasteiger partial charge in [-0.15, -0.1) is 0 Å². The van der Waals surface area contributed by atoms with E-state index < -0.39 is 11.7 Å². The zero-order valence-corrected chi connectivity index (χ0v) is 12.9. The van der Waals surface area contributed by atoms with Gasteiger partial charge in [0.15, 0.2) is 0 Å². The summed E-state index contributed by atoms with van der Waals surface area (Å²) in [4.78, 5) is 23.6. The van der Waals surface area contributed by atoms with Gasteiger partial charge in [0.2, 0.25) is 5.91 Å². The summed E-state index contributed by atoms with van der Waals surface area (Å²) in [5, 5.41) is 5.28. The maximum atomic E-state index is 13.5. The van der Waals surface area contributed by atoms with Crippen LogP contribution in [0.5, 0.6) is 0 Å². The topological polar surface area (TPSA) is 58.2 Å². The molecule has 21 heavy (non-hydrogen) atoms. The van der Waals surface area contributed by atoms with E-state index in [4.69, 9.17) is 11.6 Å². The predicted octanol–water partition coefficient (Wildman–Crippen LogP) is 2.22. The van der Waals surface area contributed by atoms with Crippen LogP contribution in [0.4, 0.5) is 4.39 Å². The average Bonchev–Trinajstić information content (AvgIpc) is 2.46. The molecule has 2 N–H and O–H groups in total. The van der Waals surface area contributed by atoms with E-state index in [0.717, 1.165) is 30.4 Å². The molecule has 4 nitrogen and oxygen atoms in total. The number of benzene rings is 1. The molecule has 1 heterocycles. The highest BCUT2D eigenvalue weighted by molar-refractivity contribution is 7.99. The molecule has 1 saturated heterocycles. The van der Waals surface area contributed by atoms with E-state index in [-0.39, 0.29) is 29.1 Å². The van der Waals surface area contributed by atoms with Crippen LogP contribution in [0.25, 0.3) is 0 Å². The molecule has 0 bridgehead atoms. The molecule has 0 aromatic heterocycles. The third-order valence-corrected chi connectivity index (χ3v) is 4.55. The highest BCUT2D eigenvalue weighted by Crippen LogP contribution is 2.18. The fourth-order valence-electron chi connectivity index (χ4n) is 2.08. The lowest BCUT2D eigenvalue weighted by atomic mass is 10.1. The fraction of sp³-hybridized carbons (Fsp3) is 0.429. The van der Waals surface area contributed by atoms with Gasteiger partial charge < -0.3 is 10.6 Å². The molecular weight excluding hydrogens is 315 g/mol. The number of halogens is 2. The van der Waals surface area contributed by atoms with Gasteiger partial charge in [-0.25, -0.2) is 4.39 Å². The number of carbonyl (C=O) groups excluding carboxylic acids is 2. The Bertz CT molecular complexity index is 515. The van der Waals surface area contributed by atoms with E-state index in [9.17, 15) is 14.0 Å². The molecule has 0 unspecified atom stereocenters. The molecule has 0 aliphatic carbocycles. The monoisotopic (exact) mass is 330 g/mol. The number of carbonyl (C=O) groups is 2. The summed E-state index contributed by atoms with van der Waals surface area (Å²) in [6.07, 6.45) is 1.87. The number of amides is 2. The molecule has 0 radical (unpaired) electrons. The Hall–Kier alpha value is -1.27. The van der Waals surface area contributed by atoms with Crippen LogP contribution in [0, 0.1) is 5.82 Å². The summed E-state index contributed by atoms with van der Waals surface area (Å²) in [7, 11) is 0. The summed E-state index contributed by atoms with van der Waals surface area (Å²) < 4.78 is 13.5. The van der Waals surface area contributed by atoms with Gasteiger partial charge in [0.25, 0.3) is 5.91 Å². The molecule has 1 aliphatic heterocycles. The smallest absolute Gasteiger partial charge is 0.256 e. The summed E-state index contributed by atoms with van der Waals surface area (Å²) in [5.41, 5.74) is -0.235. The average molecular weight is 331 g/mol. The second-order valence-electron chi connectivity index (χ2n) is 4.73. The maximum Gasteiger partial charge on any atom is 0.256 e. The summed E-state index contributed by atoms with van der Waals surface area (Å²) >= 11 is 7.66. The van der Waals surface area contributed by atoms with Crippen molar-refractivity contribution < 1.29 is 14.0 Å². The zero-order valence-electron chi connectivity index (χ0n) is 11.3. The zero-order chi connectivity index (χ0) is 15.2. The SMILES string of the molecule is O=C(CNC(=O)c1c(F)cccc1Cl)NC1CCSCC1. The van der Waals surface area contributed by atoms with Crippen LogP contribution in [0.3, 0.4) is 0 Å². The second kappa shape index (κ2) is 7.66. The van der Waals surface area contributed by atoms with Crippen molar-refractivity contribution in [1.29, 1.82) is 0 Å². The Labute approximate surface area is 131 Å². The van der Waals surface area contributed by atoms with Crippen molar-refractivity contribution in [3.8, 4) is 0 Å². The molecule has 2 amide bonds. The minimum Gasteiger partial charge on any atom is -0.352 e. The van der Waals surface area contributed by atoms with Crippen molar-refractivity contribution in [2.45, 2.75) is 18.9 Å². The van der Waals surface area contributed by atoms with Crippen molar-refractivity contribution >= 4 is 35.2 Å². The van der Waals surface area contributed by atoms with Crippen LogP contribution in [-0.2, 0) is 4.79 Å². The first-order valence-electron chi connectivity index (χ1n) is 6.67. The molecule has 1 aromatic rings. The maximum absolute atomic E-state index is 13.5. The van der Waals surface area contributed by atoms with Crippen LogP contribution in [0.15, 0.2) is 18.2 Å². The summed E-state index contributed by atoms with van der Waals surface area (Å²) in [5.74, 6) is 0.398. The first-order valence-corrected chi connectivity index (χ1v) is 8.20. The summed E-state index contributed by atoms with van der Waals surface area (Å²) in [6, 6.07) is 4.16. The lowest BCUT2D eigenvalue weighted by Crippen LogP contribution is -2.43. The number of hydrogen-bond acceptors (Lipinski definition) is 3. The lowest BCUT2D eigenvalue weighted by molar-refractivity contribution is -0.120. The number of nitrogens with one attached hydrogen (secondary N) is 2. The number of hydrogen-bond donors (Lipinski definition) is 2. The lowest BCUT2D eigenvalue weighted by Gasteiger charge is -2.22. The Kier molecular flexibility index (Phi) is 5.87. The van der Waals surface area contributed by atoms with Crippen molar-refractivity contribution in [2.75, 3.05) is 18.1 Å². The largest absolute Gasteiger partial charge is 0.352 e. The standard InChI is InChI=1S/C14H16ClFN2O2S/c15-10-2-1-3-11(16)13(10)14(20)17-8-12(19)18-9-4-6-21-7-5-9/h1-3,9H,4-8H2,(H,17,20)(H,18,19). The van der Waals surface area contributed by atoms with Crippen molar-refractivity contribution in [3.63, 3.8) is 0 Å². The van der Waals surface area contributed by atoms with E-state index in [0.29, 0.717) is 0 Å². The third kappa shape index (κ3) is 4.61. The molecule has 114 valence electrons. The van der Waals surface area contributed by atoms with Crippen LogP contribution in [0.2, 0.25) is 5.02 Å². The normalized spacial score (nSPS) is 15.5. The second-order valence-corrected chi connectivity index (χ2v) is 6.37. The van der Waals surface area contributed by atoms with Crippen molar-refractivity contribution in [2.24, 2.45) is 0 Å². The highest BCUT2D eigenvalue weighted by Gasteiger charge is 2.18. The Morgan fingerprint density at radius 3 is 2.71 bits per heavy atom. The quantitative estimate of drug-likeness (QED) is 0.890. The van der Waals surface area contributed by atoms with Gasteiger partial charge >= 0.3 is 0 Å². The molecule has 1 fully saturated rings. The molecule has 0 saturated carbocycles. The van der Waals surface area contributed by atoms with Gasteiger partial charge in [0, 0.05) is 6.04 Å². The van der Waals surface area contributed by atoms with Crippen molar-refractivity contribution in [1.82, 2.24) is 10.6 Å². The van der Waals surface area contributed by atoms with Gasteiger partial charge in [0.05, 0.1) is 17.1 Å². The van der Waals surface area contributed by atoms with E-state index in [2.05, 4.69) is 10.6 Å². The highest BCUT2D eigenvalue weighted by atomic mass is 35.5. The predicted molar refractivity (Wildman–Crippen MR) is 82.2 cm³/mol. The molecule has 7 heteroatoms. The van der Waals surface area contributed by atoms with E-state index in [1.165, 1.54) is 12.1 Å². The molecular formula is C14H16ClFN2O2S. The van der Waals surface area contributed by atoms with Crippen LogP contribution >= 0.6 is 23.4 Å². The van der Waals surface area contributed by atoms with Gasteiger partial charge in [-0.2, -0.15) is 11.8 Å². The molecule has 1 aromatic carbocycles. The van der Waals surface area contributed by atoms with Gasteiger partial charge in [0.1, 0.15) is 5.82 Å². The van der Waals surface area contributed by atoms with Gasteiger partial charge in [-0.1, -0.05) is 17.7 Å². The van der Waals surface area contributed by atoms with Gasteiger partial charge in [-0.3, -0.25) is 9.59 Å². The van der Waals surface area contributed by atoms with Gasteiger partial charge in [-0.05, 0) is 36.5 Å².